The van der Waals surface area contributed by atoms with Crippen molar-refractivity contribution in [2.24, 2.45) is 0 Å². The van der Waals surface area contributed by atoms with Crippen LogP contribution in [0.2, 0.25) is 5.02 Å². The average molecular weight is 386 g/mol. The molecule has 0 unspecified atom stereocenters. The van der Waals surface area contributed by atoms with E-state index < -0.39 is 22.8 Å². The Bertz CT molecular complexity index is 783. The van der Waals surface area contributed by atoms with Crippen LogP contribution in [0.15, 0.2) is 48.5 Å². The molecule has 0 aliphatic heterocycles. The van der Waals surface area contributed by atoms with Gasteiger partial charge in [0.05, 0.1) is 10.6 Å². The molecule has 9 heteroatoms. The largest absolute Gasteiger partial charge is 0.417 e. The summed E-state index contributed by atoms with van der Waals surface area (Å²) >= 11 is 5.51. The molecule has 3 amide bonds. The molecule has 2 aromatic rings. The van der Waals surface area contributed by atoms with E-state index in [0.717, 1.165) is 12.1 Å². The summed E-state index contributed by atoms with van der Waals surface area (Å²) < 4.78 is 38.3. The van der Waals surface area contributed by atoms with E-state index in [1.54, 1.807) is 30.3 Å². The first kappa shape index (κ1) is 19.6. The number of halogens is 4. The van der Waals surface area contributed by atoms with Crippen molar-refractivity contribution in [3.8, 4) is 0 Å². The number of nitrogens with one attached hydrogen (secondary N) is 3. The number of alkyl halides is 3. The Labute approximate surface area is 152 Å². The van der Waals surface area contributed by atoms with Crippen LogP contribution >= 0.6 is 11.6 Å². The van der Waals surface area contributed by atoms with Crippen LogP contribution in [0.4, 0.5) is 23.7 Å². The molecule has 0 bridgehead atoms. The van der Waals surface area contributed by atoms with Crippen molar-refractivity contribution < 1.29 is 22.8 Å². The van der Waals surface area contributed by atoms with E-state index in [4.69, 9.17) is 11.6 Å². The lowest BCUT2D eigenvalue weighted by Crippen LogP contribution is -2.36. The molecular weight excluding hydrogens is 371 g/mol. The van der Waals surface area contributed by atoms with E-state index in [1.807, 2.05) is 0 Å². The van der Waals surface area contributed by atoms with Crippen molar-refractivity contribution in [2.75, 3.05) is 18.4 Å². The van der Waals surface area contributed by atoms with Crippen LogP contribution in [0.3, 0.4) is 0 Å². The third-order valence-electron chi connectivity index (χ3n) is 3.26. The first-order valence-electron chi connectivity index (χ1n) is 7.52. The van der Waals surface area contributed by atoms with Gasteiger partial charge in [-0.25, -0.2) is 4.79 Å². The van der Waals surface area contributed by atoms with Gasteiger partial charge in [-0.3, -0.25) is 4.79 Å². The number of amides is 3. The van der Waals surface area contributed by atoms with E-state index >= 15 is 0 Å². The fourth-order valence-corrected chi connectivity index (χ4v) is 2.26. The molecule has 0 aromatic heterocycles. The Morgan fingerprint density at radius 3 is 2.27 bits per heavy atom. The Balaban J connectivity index is 1.80. The van der Waals surface area contributed by atoms with Crippen LogP contribution in [-0.4, -0.2) is 25.0 Å². The van der Waals surface area contributed by atoms with Gasteiger partial charge < -0.3 is 16.0 Å². The lowest BCUT2D eigenvalue weighted by Gasteiger charge is -2.12. The normalized spacial score (nSPS) is 10.9. The first-order chi connectivity index (χ1) is 12.3. The second-order valence-electron chi connectivity index (χ2n) is 5.20. The van der Waals surface area contributed by atoms with Crippen LogP contribution in [0.25, 0.3) is 0 Å². The van der Waals surface area contributed by atoms with Gasteiger partial charge in [0.2, 0.25) is 0 Å². The van der Waals surface area contributed by atoms with Gasteiger partial charge >= 0.3 is 12.2 Å². The highest BCUT2D eigenvalue weighted by Crippen LogP contribution is 2.36. The maximum absolute atomic E-state index is 12.8. The van der Waals surface area contributed by atoms with Gasteiger partial charge in [-0.2, -0.15) is 13.2 Å². The minimum atomic E-state index is -4.62. The molecular formula is C17H15ClF3N3O2. The van der Waals surface area contributed by atoms with Crippen molar-refractivity contribution in [3.63, 3.8) is 0 Å². The molecule has 0 atom stereocenters. The molecule has 0 heterocycles. The molecule has 2 rings (SSSR count). The molecule has 0 spiro atoms. The van der Waals surface area contributed by atoms with Gasteiger partial charge in [-0.1, -0.05) is 29.8 Å². The summed E-state index contributed by atoms with van der Waals surface area (Å²) in [6.45, 7) is 0.264. The number of rotatable bonds is 5. The molecule has 0 aliphatic rings. The van der Waals surface area contributed by atoms with E-state index in [9.17, 15) is 22.8 Å². The van der Waals surface area contributed by atoms with E-state index in [-0.39, 0.29) is 24.7 Å². The zero-order chi connectivity index (χ0) is 19.2. The van der Waals surface area contributed by atoms with E-state index in [1.165, 1.54) is 6.07 Å². The van der Waals surface area contributed by atoms with Gasteiger partial charge in [0.15, 0.2) is 0 Å². The summed E-state index contributed by atoms with van der Waals surface area (Å²) in [5, 5.41) is 6.87. The highest BCUT2D eigenvalue weighted by Gasteiger charge is 2.33. The minimum Gasteiger partial charge on any atom is -0.350 e. The Hall–Kier alpha value is -2.74. The lowest BCUT2D eigenvalue weighted by atomic mass is 10.2. The molecule has 5 nitrogen and oxygen atoms in total. The monoisotopic (exact) mass is 385 g/mol. The maximum atomic E-state index is 12.8. The lowest BCUT2D eigenvalue weighted by molar-refractivity contribution is -0.137. The minimum absolute atomic E-state index is 0.0486. The second kappa shape index (κ2) is 8.57. The molecule has 138 valence electrons. The zero-order valence-electron chi connectivity index (χ0n) is 13.4. The highest BCUT2D eigenvalue weighted by atomic mass is 35.5. The van der Waals surface area contributed by atoms with Crippen LogP contribution in [0.1, 0.15) is 15.9 Å². The molecule has 0 radical (unpaired) electrons. The number of benzene rings is 2. The van der Waals surface area contributed by atoms with Crippen molar-refractivity contribution in [1.29, 1.82) is 0 Å². The summed E-state index contributed by atoms with van der Waals surface area (Å²) in [5.41, 5.74) is -0.600. The standard InChI is InChI=1S/C17H15ClF3N3O2/c18-14-7-6-12(10-13(14)17(19,20)21)24-16(26)23-9-8-22-15(25)11-4-2-1-3-5-11/h1-7,10H,8-9H2,(H,22,25)(H2,23,24,26). The van der Waals surface area contributed by atoms with Crippen molar-refractivity contribution in [1.82, 2.24) is 10.6 Å². The van der Waals surface area contributed by atoms with Crippen LogP contribution in [0, 0.1) is 0 Å². The molecule has 0 saturated carbocycles. The van der Waals surface area contributed by atoms with Crippen molar-refractivity contribution in [2.45, 2.75) is 6.18 Å². The fourth-order valence-electron chi connectivity index (χ4n) is 2.04. The highest BCUT2D eigenvalue weighted by molar-refractivity contribution is 6.31. The van der Waals surface area contributed by atoms with E-state index in [0.29, 0.717) is 5.56 Å². The predicted molar refractivity (Wildman–Crippen MR) is 92.3 cm³/mol. The summed E-state index contributed by atoms with van der Waals surface area (Å²) in [5.74, 6) is -0.291. The Kier molecular flexibility index (Phi) is 6.46. The third kappa shape index (κ3) is 5.66. The Morgan fingerprint density at radius 2 is 1.62 bits per heavy atom. The number of anilines is 1. The fraction of sp³-hybridized carbons (Fsp3) is 0.176. The van der Waals surface area contributed by atoms with Crippen LogP contribution in [0.5, 0.6) is 0 Å². The van der Waals surface area contributed by atoms with Gasteiger partial charge in [0, 0.05) is 24.3 Å². The third-order valence-corrected chi connectivity index (χ3v) is 3.59. The van der Waals surface area contributed by atoms with Gasteiger partial charge in [-0.15, -0.1) is 0 Å². The SMILES string of the molecule is O=C(NCCNC(=O)c1ccccc1)Nc1ccc(Cl)c(C(F)(F)F)c1. The summed E-state index contributed by atoms with van der Waals surface area (Å²) in [4.78, 5) is 23.5. The first-order valence-corrected chi connectivity index (χ1v) is 7.90. The number of carbonyl (C=O) groups excluding carboxylic acids is 2. The molecule has 0 aliphatic carbocycles. The topological polar surface area (TPSA) is 70.2 Å². The zero-order valence-corrected chi connectivity index (χ0v) is 14.1. The van der Waals surface area contributed by atoms with Gasteiger partial charge in [0.25, 0.3) is 5.91 Å². The smallest absolute Gasteiger partial charge is 0.350 e. The summed E-state index contributed by atoms with van der Waals surface area (Å²) in [6, 6.07) is 10.9. The van der Waals surface area contributed by atoms with Crippen molar-refractivity contribution >= 4 is 29.2 Å². The summed E-state index contributed by atoms with van der Waals surface area (Å²) in [7, 11) is 0. The number of carbonyl (C=O) groups is 2. The molecule has 2 aromatic carbocycles. The number of urea groups is 1. The molecule has 26 heavy (non-hydrogen) atoms. The van der Waals surface area contributed by atoms with Crippen LogP contribution < -0.4 is 16.0 Å². The van der Waals surface area contributed by atoms with Gasteiger partial charge in [0.1, 0.15) is 0 Å². The van der Waals surface area contributed by atoms with E-state index in [2.05, 4.69) is 16.0 Å². The average Bonchev–Trinajstić information content (AvgIpc) is 2.60. The summed E-state index contributed by atoms with van der Waals surface area (Å²) in [6.07, 6.45) is -4.62. The predicted octanol–water partition coefficient (Wildman–Crippen LogP) is 3.91. The number of hydrogen-bond donors (Lipinski definition) is 3. The van der Waals surface area contributed by atoms with Crippen LogP contribution in [-0.2, 0) is 6.18 Å². The molecule has 0 saturated heterocycles. The maximum Gasteiger partial charge on any atom is 0.417 e. The Morgan fingerprint density at radius 1 is 0.962 bits per heavy atom. The quantitative estimate of drug-likeness (QED) is 0.683. The van der Waals surface area contributed by atoms with Crippen molar-refractivity contribution in [3.05, 3.63) is 64.7 Å². The molecule has 3 N–H and O–H groups in total. The van der Waals surface area contributed by atoms with Gasteiger partial charge in [-0.05, 0) is 30.3 Å². The number of hydrogen-bond acceptors (Lipinski definition) is 2. The second-order valence-corrected chi connectivity index (χ2v) is 5.60. The molecule has 0 fully saturated rings.